The summed E-state index contributed by atoms with van der Waals surface area (Å²) in [6.07, 6.45) is -0.678. The number of alkyl halides is 3. The maximum Gasteiger partial charge on any atom is 0.433 e. The van der Waals surface area contributed by atoms with E-state index in [1.54, 1.807) is 0 Å². The van der Waals surface area contributed by atoms with Crippen LogP contribution in [0, 0.1) is 11.3 Å². The third-order valence-electron chi connectivity index (χ3n) is 5.67. The predicted octanol–water partition coefficient (Wildman–Crippen LogP) is 3.28. The Morgan fingerprint density at radius 3 is 2.68 bits per heavy atom. The van der Waals surface area contributed by atoms with Crippen LogP contribution in [0.3, 0.4) is 0 Å². The molecule has 1 N–H and O–H groups in total. The molecule has 25 heavy (non-hydrogen) atoms. The van der Waals surface area contributed by atoms with Crippen LogP contribution in [0.25, 0.3) is 0 Å². The van der Waals surface area contributed by atoms with E-state index in [0.29, 0.717) is 25.7 Å². The number of carboxylic acids is 1. The first kappa shape index (κ1) is 17.8. The number of nitrogens with zero attached hydrogens (tertiary/aromatic N) is 2. The van der Waals surface area contributed by atoms with Crippen molar-refractivity contribution < 1.29 is 32.6 Å². The lowest BCUT2D eigenvalue weighted by Crippen LogP contribution is -2.41. The maximum atomic E-state index is 13.4. The van der Waals surface area contributed by atoms with Crippen LogP contribution >= 0.6 is 0 Å². The van der Waals surface area contributed by atoms with Crippen molar-refractivity contribution in [2.24, 2.45) is 11.3 Å². The van der Waals surface area contributed by atoms with Crippen LogP contribution in [0.5, 0.6) is 0 Å². The summed E-state index contributed by atoms with van der Waals surface area (Å²) in [5.41, 5.74) is -2.69. The average Bonchev–Trinajstić information content (AvgIpc) is 3.17. The lowest BCUT2D eigenvalue weighted by molar-refractivity contribution is -0.159. The lowest BCUT2D eigenvalue weighted by Gasteiger charge is -2.40. The molecule has 0 aliphatic heterocycles. The zero-order chi connectivity index (χ0) is 18.4. The Kier molecular flexibility index (Phi) is 4.28. The van der Waals surface area contributed by atoms with Crippen molar-refractivity contribution in [1.82, 2.24) is 9.78 Å². The van der Waals surface area contributed by atoms with Crippen LogP contribution in [0.15, 0.2) is 6.20 Å². The van der Waals surface area contributed by atoms with Gasteiger partial charge in [0.25, 0.3) is 0 Å². The van der Waals surface area contributed by atoms with E-state index in [2.05, 4.69) is 5.10 Å². The van der Waals surface area contributed by atoms with Gasteiger partial charge in [-0.1, -0.05) is 6.42 Å². The molecule has 0 radical (unpaired) electrons. The van der Waals surface area contributed by atoms with E-state index in [4.69, 9.17) is 9.84 Å². The average molecular weight is 360 g/mol. The fourth-order valence-corrected chi connectivity index (χ4v) is 4.56. The predicted molar refractivity (Wildman–Crippen MR) is 78.9 cm³/mol. The van der Waals surface area contributed by atoms with Crippen molar-refractivity contribution in [3.8, 4) is 0 Å². The molecule has 2 saturated carbocycles. The molecule has 2 fully saturated rings. The summed E-state index contributed by atoms with van der Waals surface area (Å²) in [5.74, 6) is -2.02. The van der Waals surface area contributed by atoms with Crippen LogP contribution in [0.2, 0.25) is 0 Å². The zero-order valence-electron chi connectivity index (χ0n) is 13.7. The zero-order valence-corrected chi connectivity index (χ0v) is 13.7. The van der Waals surface area contributed by atoms with Crippen LogP contribution in [0.4, 0.5) is 13.2 Å². The summed E-state index contributed by atoms with van der Waals surface area (Å²) >= 11 is 0. The van der Waals surface area contributed by atoms with Crippen molar-refractivity contribution in [2.75, 3.05) is 7.11 Å². The minimum Gasteiger partial charge on any atom is -0.478 e. The summed E-state index contributed by atoms with van der Waals surface area (Å²) in [6, 6.07) is -0.578. The molecule has 3 rings (SSSR count). The number of halogens is 3. The number of hydrogen-bond acceptors (Lipinski definition) is 4. The summed E-state index contributed by atoms with van der Waals surface area (Å²) in [7, 11) is 1.33. The quantitative estimate of drug-likeness (QED) is 0.837. The first-order valence-corrected chi connectivity index (χ1v) is 8.17. The highest BCUT2D eigenvalue weighted by molar-refractivity contribution is 5.88. The van der Waals surface area contributed by atoms with Gasteiger partial charge in [-0.05, 0) is 38.0 Å². The molecule has 3 atom stereocenters. The largest absolute Gasteiger partial charge is 0.478 e. The Bertz CT molecular complexity index is 700. The number of carbonyl (C=O) groups is 2. The first-order valence-electron chi connectivity index (χ1n) is 8.17. The maximum absolute atomic E-state index is 13.4. The van der Waals surface area contributed by atoms with E-state index in [-0.39, 0.29) is 11.9 Å². The fourth-order valence-electron chi connectivity index (χ4n) is 4.56. The SMILES string of the molecule is COC(=O)C12CCCC1CC(n1ncc(C(=O)O)c1C(F)(F)F)CC2. The summed E-state index contributed by atoms with van der Waals surface area (Å²) < 4.78 is 45.9. The number of carboxylic acid groups (broad SMARTS) is 1. The van der Waals surface area contributed by atoms with E-state index in [0.717, 1.165) is 23.7 Å². The molecule has 2 aliphatic carbocycles. The highest BCUT2D eigenvalue weighted by Crippen LogP contribution is 2.55. The molecule has 1 aromatic rings. The smallest absolute Gasteiger partial charge is 0.433 e. The highest BCUT2D eigenvalue weighted by atomic mass is 19.4. The summed E-state index contributed by atoms with van der Waals surface area (Å²) in [5, 5.41) is 12.8. The van der Waals surface area contributed by atoms with Gasteiger partial charge in [-0.3, -0.25) is 9.48 Å². The molecule has 0 aromatic carbocycles. The Morgan fingerprint density at radius 2 is 2.08 bits per heavy atom. The van der Waals surface area contributed by atoms with Gasteiger partial charge in [0.1, 0.15) is 5.56 Å². The Balaban J connectivity index is 1.93. The van der Waals surface area contributed by atoms with E-state index in [1.165, 1.54) is 7.11 Å². The van der Waals surface area contributed by atoms with Crippen LogP contribution in [-0.2, 0) is 15.7 Å². The molecular weight excluding hydrogens is 341 g/mol. The fraction of sp³-hybridized carbons (Fsp3) is 0.688. The molecule has 0 spiro atoms. The number of fused-ring (bicyclic) bond motifs is 1. The topological polar surface area (TPSA) is 81.4 Å². The number of aromatic carboxylic acids is 1. The third kappa shape index (κ3) is 2.79. The second-order valence-electron chi connectivity index (χ2n) is 6.82. The lowest BCUT2D eigenvalue weighted by atomic mass is 9.66. The molecule has 0 bridgehead atoms. The number of rotatable bonds is 3. The Morgan fingerprint density at radius 1 is 1.36 bits per heavy atom. The molecule has 1 aromatic heterocycles. The number of carbonyl (C=O) groups excluding carboxylic acids is 1. The van der Waals surface area contributed by atoms with E-state index >= 15 is 0 Å². The molecule has 0 saturated heterocycles. The van der Waals surface area contributed by atoms with Gasteiger partial charge < -0.3 is 9.84 Å². The van der Waals surface area contributed by atoms with Gasteiger partial charge in [0, 0.05) is 0 Å². The summed E-state index contributed by atoms with van der Waals surface area (Å²) in [4.78, 5) is 23.3. The molecule has 9 heteroatoms. The van der Waals surface area contributed by atoms with Crippen LogP contribution < -0.4 is 0 Å². The molecule has 6 nitrogen and oxygen atoms in total. The highest BCUT2D eigenvalue weighted by Gasteiger charge is 2.53. The van der Waals surface area contributed by atoms with E-state index < -0.39 is 34.9 Å². The van der Waals surface area contributed by atoms with E-state index in [9.17, 15) is 22.8 Å². The van der Waals surface area contributed by atoms with Crippen molar-refractivity contribution in [3.63, 3.8) is 0 Å². The standard InChI is InChI=1S/C16H19F3N2O4/c1-25-14(24)15-5-2-3-9(15)7-10(4-6-15)21-12(16(17,18)19)11(8-20-21)13(22)23/h8-10H,2-7H2,1H3,(H,22,23). The van der Waals surface area contributed by atoms with Gasteiger partial charge in [0.05, 0.1) is 24.8 Å². The monoisotopic (exact) mass is 360 g/mol. The van der Waals surface area contributed by atoms with Gasteiger partial charge in [-0.25, -0.2) is 4.79 Å². The van der Waals surface area contributed by atoms with Crippen molar-refractivity contribution in [1.29, 1.82) is 0 Å². The number of hydrogen-bond donors (Lipinski definition) is 1. The van der Waals surface area contributed by atoms with Gasteiger partial charge in [0.15, 0.2) is 5.69 Å². The number of esters is 1. The third-order valence-corrected chi connectivity index (χ3v) is 5.67. The number of aromatic nitrogens is 2. The van der Waals surface area contributed by atoms with Crippen molar-refractivity contribution >= 4 is 11.9 Å². The Hall–Kier alpha value is -2.06. The Labute approximate surface area is 141 Å². The normalized spacial score (nSPS) is 29.3. The first-order chi connectivity index (χ1) is 11.7. The van der Waals surface area contributed by atoms with E-state index in [1.807, 2.05) is 0 Å². The van der Waals surface area contributed by atoms with Crippen LogP contribution in [-0.4, -0.2) is 33.9 Å². The van der Waals surface area contributed by atoms with Crippen molar-refractivity contribution in [2.45, 2.75) is 50.7 Å². The molecule has 2 aliphatic rings. The second kappa shape index (κ2) is 6.03. The number of ether oxygens (including phenoxy) is 1. The molecule has 138 valence electrons. The molecular formula is C16H19F3N2O4. The van der Waals surface area contributed by atoms with Crippen molar-refractivity contribution in [3.05, 3.63) is 17.5 Å². The molecule has 0 amide bonds. The second-order valence-corrected chi connectivity index (χ2v) is 6.82. The van der Waals surface area contributed by atoms with Gasteiger partial charge in [0.2, 0.25) is 0 Å². The van der Waals surface area contributed by atoms with Crippen LogP contribution in [0.1, 0.15) is 60.6 Å². The summed E-state index contributed by atoms with van der Waals surface area (Å²) in [6.45, 7) is 0. The van der Waals surface area contributed by atoms with Gasteiger partial charge in [-0.2, -0.15) is 18.3 Å². The minimum absolute atomic E-state index is 0.0720. The van der Waals surface area contributed by atoms with Gasteiger partial charge in [-0.15, -0.1) is 0 Å². The number of methoxy groups -OCH3 is 1. The minimum atomic E-state index is -4.81. The molecule has 3 unspecified atom stereocenters. The van der Waals surface area contributed by atoms with Gasteiger partial charge >= 0.3 is 18.1 Å². The molecule has 1 heterocycles.